The molecule has 0 aromatic heterocycles. The smallest absolute Gasteiger partial charge is 0.407 e. The van der Waals surface area contributed by atoms with E-state index >= 15 is 0 Å². The van der Waals surface area contributed by atoms with Gasteiger partial charge in [0, 0.05) is 12.6 Å². The summed E-state index contributed by atoms with van der Waals surface area (Å²) in [4.78, 5) is 24.9. The molecule has 0 aliphatic carbocycles. The van der Waals surface area contributed by atoms with Crippen LogP contribution in [0.1, 0.15) is 75.2 Å². The molecule has 0 rings (SSSR count). The molecule has 28 heavy (non-hydrogen) atoms. The third-order valence-corrected chi connectivity index (χ3v) is 9.52. The van der Waals surface area contributed by atoms with Gasteiger partial charge < -0.3 is 19.2 Å². The third-order valence-electron chi connectivity index (χ3n) is 4.98. The van der Waals surface area contributed by atoms with Gasteiger partial charge in [0.2, 0.25) is 0 Å². The van der Waals surface area contributed by atoms with E-state index in [9.17, 15) is 9.59 Å². The van der Waals surface area contributed by atoms with Gasteiger partial charge in [0.15, 0.2) is 8.32 Å². The molecule has 2 atom stereocenters. The number of carbonyl (C=O) groups excluding carboxylic acids is 2. The highest BCUT2D eigenvalue weighted by atomic mass is 28.4. The number of hydrogen-bond acceptors (Lipinski definition) is 5. The van der Waals surface area contributed by atoms with Crippen molar-refractivity contribution >= 4 is 20.4 Å². The maximum absolute atomic E-state index is 12.6. The molecule has 0 saturated heterocycles. The molecule has 0 heterocycles. The summed E-state index contributed by atoms with van der Waals surface area (Å²) in [6, 6.07) is -0.407. The number of alkyl carbamates (subject to hydrolysis) is 1. The van der Waals surface area contributed by atoms with E-state index in [2.05, 4.69) is 39.2 Å². The Kier molecular flexibility index (Phi) is 10.2. The molecule has 166 valence electrons. The molecule has 1 amide bonds. The first-order chi connectivity index (χ1) is 12.5. The Hall–Kier alpha value is -1.08. The van der Waals surface area contributed by atoms with Crippen LogP contribution in [-0.2, 0) is 18.7 Å². The van der Waals surface area contributed by atoms with Gasteiger partial charge in [-0.15, -0.1) is 0 Å². The number of esters is 1. The van der Waals surface area contributed by atoms with Gasteiger partial charge in [0.05, 0.1) is 12.0 Å². The lowest BCUT2D eigenvalue weighted by Crippen LogP contribution is -2.47. The van der Waals surface area contributed by atoms with Crippen molar-refractivity contribution in [2.75, 3.05) is 6.61 Å². The summed E-state index contributed by atoms with van der Waals surface area (Å²) in [6.45, 7) is 22.4. The quantitative estimate of drug-likeness (QED) is 0.409. The Morgan fingerprint density at radius 2 is 1.57 bits per heavy atom. The lowest BCUT2D eigenvalue weighted by Gasteiger charge is -2.37. The Morgan fingerprint density at radius 1 is 1.04 bits per heavy atom. The van der Waals surface area contributed by atoms with Gasteiger partial charge in [-0.25, -0.2) is 4.79 Å². The highest BCUT2D eigenvalue weighted by Crippen LogP contribution is 2.36. The lowest BCUT2D eigenvalue weighted by atomic mass is 9.94. The van der Waals surface area contributed by atoms with Crippen LogP contribution >= 0.6 is 0 Å². The van der Waals surface area contributed by atoms with Crippen LogP contribution < -0.4 is 5.32 Å². The SMILES string of the molecule is CC[C@@H](C(=O)OC(C)C)[C@H](CCO[Si](C)(C)C(C)(C)C)NC(=O)OC(C)(C)C. The molecule has 0 radical (unpaired) electrons. The zero-order valence-electron chi connectivity index (χ0n) is 19.9. The average Bonchev–Trinajstić information content (AvgIpc) is 2.43. The monoisotopic (exact) mass is 417 g/mol. The molecule has 7 heteroatoms. The molecule has 1 N–H and O–H groups in total. The minimum atomic E-state index is -1.91. The van der Waals surface area contributed by atoms with Crippen molar-refractivity contribution < 1.29 is 23.5 Å². The van der Waals surface area contributed by atoms with E-state index in [1.54, 1.807) is 0 Å². The van der Waals surface area contributed by atoms with Gasteiger partial charge >= 0.3 is 12.1 Å². The van der Waals surface area contributed by atoms with Crippen molar-refractivity contribution in [3.05, 3.63) is 0 Å². The number of carbonyl (C=O) groups is 2. The van der Waals surface area contributed by atoms with E-state index < -0.39 is 32.0 Å². The van der Waals surface area contributed by atoms with Crippen LogP contribution in [0.5, 0.6) is 0 Å². The molecular formula is C21H43NO5Si. The van der Waals surface area contributed by atoms with Crippen molar-refractivity contribution in [3.8, 4) is 0 Å². The maximum Gasteiger partial charge on any atom is 0.407 e. The van der Waals surface area contributed by atoms with E-state index in [1.165, 1.54) is 0 Å². The van der Waals surface area contributed by atoms with Crippen molar-refractivity contribution in [3.63, 3.8) is 0 Å². The van der Waals surface area contributed by atoms with Gasteiger partial charge in [-0.2, -0.15) is 0 Å². The first-order valence-electron chi connectivity index (χ1n) is 10.3. The Balaban J connectivity index is 5.26. The largest absolute Gasteiger partial charge is 0.463 e. The molecule has 0 saturated carbocycles. The summed E-state index contributed by atoms with van der Waals surface area (Å²) in [6.07, 6.45) is 0.358. The van der Waals surface area contributed by atoms with E-state index in [0.29, 0.717) is 19.4 Å². The summed E-state index contributed by atoms with van der Waals surface area (Å²) in [7, 11) is -1.91. The van der Waals surface area contributed by atoms with Gasteiger partial charge in [-0.1, -0.05) is 27.7 Å². The summed E-state index contributed by atoms with van der Waals surface area (Å²) in [5.41, 5.74) is -0.605. The second kappa shape index (κ2) is 10.6. The van der Waals surface area contributed by atoms with Crippen molar-refractivity contribution in [1.29, 1.82) is 0 Å². The van der Waals surface area contributed by atoms with Gasteiger partial charge in [-0.05, 0) is 65.6 Å². The summed E-state index contributed by atoms with van der Waals surface area (Å²) in [5, 5.41) is 2.98. The Morgan fingerprint density at radius 3 is 1.96 bits per heavy atom. The predicted molar refractivity (Wildman–Crippen MR) is 116 cm³/mol. The predicted octanol–water partition coefficient (Wildman–Crippen LogP) is 5.27. The zero-order valence-corrected chi connectivity index (χ0v) is 20.9. The molecule has 0 aliphatic rings. The first kappa shape index (κ1) is 26.9. The molecule has 0 bridgehead atoms. The molecular weight excluding hydrogens is 374 g/mol. The minimum absolute atomic E-state index is 0.0990. The van der Waals surface area contributed by atoms with Gasteiger partial charge in [0.1, 0.15) is 5.60 Å². The normalized spacial score (nSPS) is 15.1. The number of rotatable bonds is 9. The molecule has 0 spiro atoms. The van der Waals surface area contributed by atoms with Crippen LogP contribution in [0.4, 0.5) is 4.79 Å². The van der Waals surface area contributed by atoms with Crippen molar-refractivity contribution in [2.45, 2.75) is 111 Å². The molecule has 0 unspecified atom stereocenters. The van der Waals surface area contributed by atoms with E-state index in [-0.39, 0.29) is 17.1 Å². The fraction of sp³-hybridized carbons (Fsp3) is 0.905. The van der Waals surface area contributed by atoms with Gasteiger partial charge in [0.25, 0.3) is 0 Å². The minimum Gasteiger partial charge on any atom is -0.463 e. The summed E-state index contributed by atoms with van der Waals surface area (Å²) < 4.78 is 17.1. The molecule has 6 nitrogen and oxygen atoms in total. The number of hydrogen-bond donors (Lipinski definition) is 1. The second-order valence-corrected chi connectivity index (χ2v) is 15.0. The molecule has 0 fully saturated rings. The number of amides is 1. The fourth-order valence-electron chi connectivity index (χ4n) is 2.43. The van der Waals surface area contributed by atoms with Crippen molar-refractivity contribution in [2.24, 2.45) is 5.92 Å². The fourth-order valence-corrected chi connectivity index (χ4v) is 3.49. The highest BCUT2D eigenvalue weighted by molar-refractivity contribution is 6.74. The van der Waals surface area contributed by atoms with E-state index in [0.717, 1.165) is 0 Å². The molecule has 0 aromatic carbocycles. The molecule has 0 aliphatic heterocycles. The van der Waals surface area contributed by atoms with Crippen LogP contribution in [-0.4, -0.2) is 44.7 Å². The van der Waals surface area contributed by atoms with Crippen LogP contribution in [0.25, 0.3) is 0 Å². The Bertz CT molecular complexity index is 506. The second-order valence-electron chi connectivity index (χ2n) is 10.2. The first-order valence-corrected chi connectivity index (χ1v) is 13.2. The maximum atomic E-state index is 12.6. The Labute approximate surface area is 173 Å². The molecule has 0 aromatic rings. The highest BCUT2D eigenvalue weighted by Gasteiger charge is 2.38. The van der Waals surface area contributed by atoms with Crippen molar-refractivity contribution in [1.82, 2.24) is 5.32 Å². The van der Waals surface area contributed by atoms with Crippen LogP contribution in [0, 0.1) is 5.92 Å². The van der Waals surface area contributed by atoms with Crippen LogP contribution in [0.2, 0.25) is 18.1 Å². The third kappa shape index (κ3) is 9.91. The topological polar surface area (TPSA) is 73.9 Å². The average molecular weight is 418 g/mol. The number of nitrogens with one attached hydrogen (secondary N) is 1. The van der Waals surface area contributed by atoms with Crippen LogP contribution in [0.15, 0.2) is 0 Å². The van der Waals surface area contributed by atoms with E-state index in [1.807, 2.05) is 41.5 Å². The zero-order chi connectivity index (χ0) is 22.3. The number of ether oxygens (including phenoxy) is 2. The van der Waals surface area contributed by atoms with Crippen LogP contribution in [0.3, 0.4) is 0 Å². The van der Waals surface area contributed by atoms with Gasteiger partial charge in [-0.3, -0.25) is 4.79 Å². The standard InChI is InChI=1S/C21H43NO5Si/c1-12-16(18(23)26-15(2)3)17(22-19(24)27-20(4,5)6)13-14-25-28(10,11)21(7,8)9/h15-17H,12-14H2,1-11H3,(H,22,24)/t16-,17+/m1/s1. The summed E-state index contributed by atoms with van der Waals surface area (Å²) >= 11 is 0. The lowest BCUT2D eigenvalue weighted by molar-refractivity contribution is -0.153. The summed E-state index contributed by atoms with van der Waals surface area (Å²) in [5.74, 6) is -0.746. The van der Waals surface area contributed by atoms with E-state index in [4.69, 9.17) is 13.9 Å².